The molecule has 176 valence electrons. The van der Waals surface area contributed by atoms with Crippen molar-refractivity contribution in [1.29, 1.82) is 0 Å². The zero-order valence-corrected chi connectivity index (χ0v) is 18.6. The number of rotatable bonds is 5. The second-order valence-corrected chi connectivity index (χ2v) is 9.32. The van der Waals surface area contributed by atoms with Gasteiger partial charge in [0, 0.05) is 36.7 Å². The molecule has 1 fully saturated rings. The van der Waals surface area contributed by atoms with E-state index in [1.165, 1.54) is 17.5 Å². The molecule has 0 radical (unpaired) electrons. The van der Waals surface area contributed by atoms with Gasteiger partial charge < -0.3 is 9.64 Å². The van der Waals surface area contributed by atoms with Crippen molar-refractivity contribution >= 4 is 26.8 Å². The zero-order valence-electron chi connectivity index (χ0n) is 17.8. The summed E-state index contributed by atoms with van der Waals surface area (Å²) in [5.41, 5.74) is 0.693. The van der Waals surface area contributed by atoms with Gasteiger partial charge in [-0.15, -0.1) is 0 Å². The summed E-state index contributed by atoms with van der Waals surface area (Å²) in [6, 6.07) is 14.6. The molecule has 33 heavy (non-hydrogen) atoms. The van der Waals surface area contributed by atoms with Crippen molar-refractivity contribution in [2.24, 2.45) is 5.14 Å². The number of alkyl halides is 3. The molecule has 7 nitrogen and oxygen atoms in total. The Morgan fingerprint density at radius 1 is 1.09 bits per heavy atom. The molecular formula is C22H23F3N4O3S. The minimum atomic E-state index is -4.59. The Balaban J connectivity index is 1.73. The molecule has 1 aliphatic rings. The van der Waals surface area contributed by atoms with Crippen LogP contribution in [0.15, 0.2) is 54.6 Å². The van der Waals surface area contributed by atoms with Crippen LogP contribution in [-0.4, -0.2) is 50.5 Å². The van der Waals surface area contributed by atoms with Gasteiger partial charge in [-0.1, -0.05) is 30.3 Å². The molecule has 2 heterocycles. The highest BCUT2D eigenvalue weighted by Crippen LogP contribution is 2.37. The number of aromatic nitrogens is 1. The number of anilines is 1. The highest BCUT2D eigenvalue weighted by molar-refractivity contribution is 7.86. The standard InChI is InChI=1S/C22H23F3N4O3S/c1-32-19-9-8-18(17-7-10-20(22(23,24)25)27-21(17)19)28-11-12-29(33(26,30)31)16(14-28)13-15-5-3-2-4-6-15/h2-10,16H,11-14H2,1H3,(H2,26,30,31). The first kappa shape index (κ1) is 23.3. The van der Waals surface area contributed by atoms with Crippen molar-refractivity contribution in [3.8, 4) is 5.75 Å². The largest absolute Gasteiger partial charge is 0.494 e. The predicted molar refractivity (Wildman–Crippen MR) is 119 cm³/mol. The topological polar surface area (TPSA) is 88.8 Å². The summed E-state index contributed by atoms with van der Waals surface area (Å²) in [5.74, 6) is 0.226. The Kier molecular flexibility index (Phi) is 6.21. The molecule has 0 amide bonds. The lowest BCUT2D eigenvalue weighted by molar-refractivity contribution is -0.140. The van der Waals surface area contributed by atoms with Crippen molar-refractivity contribution in [3.05, 3.63) is 65.9 Å². The van der Waals surface area contributed by atoms with E-state index in [0.717, 1.165) is 11.6 Å². The fourth-order valence-corrected chi connectivity index (χ4v) is 5.11. The summed E-state index contributed by atoms with van der Waals surface area (Å²) in [7, 11) is -2.55. The highest BCUT2D eigenvalue weighted by atomic mass is 32.2. The number of piperazine rings is 1. The smallest absolute Gasteiger partial charge is 0.433 e. The van der Waals surface area contributed by atoms with E-state index >= 15 is 0 Å². The molecular weight excluding hydrogens is 457 g/mol. The molecule has 0 spiro atoms. The highest BCUT2D eigenvalue weighted by Gasteiger charge is 2.35. The van der Waals surface area contributed by atoms with Crippen LogP contribution in [0.25, 0.3) is 10.9 Å². The zero-order chi connectivity index (χ0) is 23.8. The number of hydrogen-bond donors (Lipinski definition) is 1. The van der Waals surface area contributed by atoms with Gasteiger partial charge in [-0.25, -0.2) is 10.1 Å². The number of halogens is 3. The Bertz CT molecular complexity index is 1250. The number of nitrogens with two attached hydrogens (primary N) is 1. The fraction of sp³-hybridized carbons (Fsp3) is 0.318. The molecule has 4 rings (SSSR count). The molecule has 1 atom stereocenters. The van der Waals surface area contributed by atoms with Gasteiger partial charge >= 0.3 is 6.18 Å². The van der Waals surface area contributed by atoms with Gasteiger partial charge in [-0.3, -0.25) is 0 Å². The van der Waals surface area contributed by atoms with Crippen LogP contribution in [0.1, 0.15) is 11.3 Å². The first-order valence-electron chi connectivity index (χ1n) is 10.2. The molecule has 11 heteroatoms. The molecule has 2 aromatic carbocycles. The van der Waals surface area contributed by atoms with Crippen LogP contribution in [0.3, 0.4) is 0 Å². The lowest BCUT2D eigenvalue weighted by atomic mass is 10.0. The minimum absolute atomic E-state index is 0.0957. The van der Waals surface area contributed by atoms with Crippen LogP contribution in [-0.2, 0) is 22.8 Å². The second kappa shape index (κ2) is 8.81. The molecule has 0 aliphatic carbocycles. The van der Waals surface area contributed by atoms with Gasteiger partial charge in [0.2, 0.25) is 0 Å². The molecule has 2 N–H and O–H groups in total. The number of methoxy groups -OCH3 is 1. The fourth-order valence-electron chi connectivity index (χ4n) is 4.22. The SMILES string of the molecule is COc1ccc(N2CCN(S(N)(=O)=O)C(Cc3ccccc3)C2)c2ccc(C(F)(F)F)nc12. The molecule has 0 saturated carbocycles. The third kappa shape index (κ3) is 4.90. The van der Waals surface area contributed by atoms with Crippen molar-refractivity contribution in [2.45, 2.75) is 18.6 Å². The van der Waals surface area contributed by atoms with Crippen LogP contribution < -0.4 is 14.8 Å². The maximum Gasteiger partial charge on any atom is 0.433 e. The van der Waals surface area contributed by atoms with Gasteiger partial charge in [0.05, 0.1) is 7.11 Å². The Hall–Kier alpha value is -2.89. The first-order valence-corrected chi connectivity index (χ1v) is 11.7. The third-order valence-corrected chi connectivity index (χ3v) is 6.85. The van der Waals surface area contributed by atoms with E-state index in [1.54, 1.807) is 12.1 Å². The van der Waals surface area contributed by atoms with Crippen LogP contribution in [0.5, 0.6) is 5.75 Å². The number of fused-ring (bicyclic) bond motifs is 1. The molecule has 1 saturated heterocycles. The monoisotopic (exact) mass is 480 g/mol. The maximum atomic E-state index is 13.2. The predicted octanol–water partition coefficient (Wildman–Crippen LogP) is 3.20. The van der Waals surface area contributed by atoms with E-state index in [9.17, 15) is 21.6 Å². The van der Waals surface area contributed by atoms with Gasteiger partial charge in [0.15, 0.2) is 0 Å². The van der Waals surface area contributed by atoms with Crippen molar-refractivity contribution in [3.63, 3.8) is 0 Å². The van der Waals surface area contributed by atoms with E-state index in [0.29, 0.717) is 30.6 Å². The van der Waals surface area contributed by atoms with Crippen LogP contribution in [0, 0.1) is 0 Å². The summed E-state index contributed by atoms with van der Waals surface area (Å²) in [6.07, 6.45) is -4.14. The number of nitrogens with zero attached hydrogens (tertiary/aromatic N) is 3. The van der Waals surface area contributed by atoms with Crippen molar-refractivity contribution in [2.75, 3.05) is 31.6 Å². The average molecular weight is 481 g/mol. The van der Waals surface area contributed by atoms with Gasteiger partial charge in [-0.2, -0.15) is 25.9 Å². The summed E-state index contributed by atoms with van der Waals surface area (Å²) in [5, 5.41) is 5.96. The summed E-state index contributed by atoms with van der Waals surface area (Å²) in [4.78, 5) is 5.76. The number of hydrogen-bond acceptors (Lipinski definition) is 5. The number of ether oxygens (including phenoxy) is 1. The average Bonchev–Trinajstić information content (AvgIpc) is 2.77. The molecule has 3 aromatic rings. The quantitative estimate of drug-likeness (QED) is 0.606. The molecule has 0 bridgehead atoms. The molecule has 1 aromatic heterocycles. The van der Waals surface area contributed by atoms with Gasteiger partial charge in [-0.05, 0) is 36.2 Å². The Morgan fingerprint density at radius 3 is 2.45 bits per heavy atom. The summed E-state index contributed by atoms with van der Waals surface area (Å²) in [6.45, 7) is 0.788. The summed E-state index contributed by atoms with van der Waals surface area (Å²) >= 11 is 0. The van der Waals surface area contributed by atoms with E-state index in [2.05, 4.69) is 4.98 Å². The van der Waals surface area contributed by atoms with Crippen LogP contribution >= 0.6 is 0 Å². The third-order valence-electron chi connectivity index (χ3n) is 5.72. The number of pyridine rings is 1. The van der Waals surface area contributed by atoms with E-state index < -0.39 is 28.1 Å². The van der Waals surface area contributed by atoms with Crippen molar-refractivity contribution in [1.82, 2.24) is 9.29 Å². The minimum Gasteiger partial charge on any atom is -0.494 e. The van der Waals surface area contributed by atoms with E-state index in [-0.39, 0.29) is 17.8 Å². The Morgan fingerprint density at radius 2 is 1.82 bits per heavy atom. The Labute approximate surface area is 189 Å². The lowest BCUT2D eigenvalue weighted by Gasteiger charge is -2.41. The molecule has 1 aliphatic heterocycles. The van der Waals surface area contributed by atoms with Gasteiger partial charge in [0.1, 0.15) is 17.0 Å². The lowest BCUT2D eigenvalue weighted by Crippen LogP contribution is -2.57. The summed E-state index contributed by atoms with van der Waals surface area (Å²) < 4.78 is 70.6. The van der Waals surface area contributed by atoms with Crippen LogP contribution in [0.4, 0.5) is 18.9 Å². The maximum absolute atomic E-state index is 13.2. The van der Waals surface area contributed by atoms with Crippen molar-refractivity contribution < 1.29 is 26.3 Å². The molecule has 1 unspecified atom stereocenters. The second-order valence-electron chi connectivity index (χ2n) is 7.82. The normalized spacial score (nSPS) is 18.0. The first-order chi connectivity index (χ1) is 15.6. The van der Waals surface area contributed by atoms with Gasteiger partial charge in [0.25, 0.3) is 10.2 Å². The number of benzene rings is 2. The van der Waals surface area contributed by atoms with Crippen LogP contribution in [0.2, 0.25) is 0 Å². The van der Waals surface area contributed by atoms with E-state index in [1.807, 2.05) is 35.2 Å². The van der Waals surface area contributed by atoms with E-state index in [4.69, 9.17) is 9.88 Å².